The van der Waals surface area contributed by atoms with Gasteiger partial charge in [-0.2, -0.15) is 0 Å². The molecular formula is C18H21N3O3. The second kappa shape index (κ2) is 6.86. The summed E-state index contributed by atoms with van der Waals surface area (Å²) >= 11 is 0. The van der Waals surface area contributed by atoms with Crippen molar-refractivity contribution in [2.24, 2.45) is 0 Å². The number of oxazole rings is 1. The van der Waals surface area contributed by atoms with Gasteiger partial charge in [0.1, 0.15) is 5.76 Å². The van der Waals surface area contributed by atoms with Gasteiger partial charge in [0.2, 0.25) is 17.7 Å². The van der Waals surface area contributed by atoms with Crippen LogP contribution in [-0.4, -0.2) is 52.8 Å². The van der Waals surface area contributed by atoms with Crippen LogP contribution in [0.5, 0.6) is 0 Å². The normalized spacial score (nSPS) is 14.8. The van der Waals surface area contributed by atoms with Crippen LogP contribution in [0.3, 0.4) is 0 Å². The van der Waals surface area contributed by atoms with Gasteiger partial charge in [0.25, 0.3) is 0 Å². The zero-order valence-corrected chi connectivity index (χ0v) is 14.0. The summed E-state index contributed by atoms with van der Waals surface area (Å²) in [7, 11) is 0. The molecule has 1 aromatic carbocycles. The van der Waals surface area contributed by atoms with Gasteiger partial charge in [-0.1, -0.05) is 18.2 Å². The third kappa shape index (κ3) is 3.48. The van der Waals surface area contributed by atoms with Crippen molar-refractivity contribution < 1.29 is 14.0 Å². The molecule has 3 rings (SSSR count). The number of benzene rings is 1. The van der Waals surface area contributed by atoms with E-state index in [0.29, 0.717) is 43.5 Å². The maximum absolute atomic E-state index is 12.5. The van der Waals surface area contributed by atoms with Crippen molar-refractivity contribution in [3.8, 4) is 11.5 Å². The fourth-order valence-corrected chi connectivity index (χ4v) is 2.82. The number of rotatable bonds is 3. The molecule has 0 bridgehead atoms. The molecular weight excluding hydrogens is 306 g/mol. The van der Waals surface area contributed by atoms with Crippen LogP contribution in [0.2, 0.25) is 0 Å². The predicted octanol–water partition coefficient (Wildman–Crippen LogP) is 1.88. The van der Waals surface area contributed by atoms with E-state index in [4.69, 9.17) is 4.42 Å². The smallest absolute Gasteiger partial charge is 0.228 e. The molecule has 0 aliphatic carbocycles. The van der Waals surface area contributed by atoms with E-state index >= 15 is 0 Å². The summed E-state index contributed by atoms with van der Waals surface area (Å²) in [6.45, 7) is 5.71. The molecule has 0 unspecified atom stereocenters. The highest BCUT2D eigenvalue weighted by Gasteiger charge is 2.24. The summed E-state index contributed by atoms with van der Waals surface area (Å²) in [5.74, 6) is 1.29. The van der Waals surface area contributed by atoms with Crippen molar-refractivity contribution in [3.63, 3.8) is 0 Å². The molecule has 6 nitrogen and oxygen atoms in total. The number of hydrogen-bond donors (Lipinski definition) is 0. The zero-order valence-electron chi connectivity index (χ0n) is 14.0. The highest BCUT2D eigenvalue weighted by atomic mass is 16.4. The lowest BCUT2D eigenvalue weighted by atomic mass is 10.2. The van der Waals surface area contributed by atoms with E-state index in [0.717, 1.165) is 5.56 Å². The van der Waals surface area contributed by atoms with E-state index in [9.17, 15) is 9.59 Å². The fourth-order valence-electron chi connectivity index (χ4n) is 2.82. The van der Waals surface area contributed by atoms with Crippen LogP contribution in [0.25, 0.3) is 11.5 Å². The van der Waals surface area contributed by atoms with Crippen molar-refractivity contribution in [1.82, 2.24) is 14.8 Å². The molecule has 2 heterocycles. The molecule has 1 aliphatic heterocycles. The summed E-state index contributed by atoms with van der Waals surface area (Å²) < 4.78 is 5.70. The maximum Gasteiger partial charge on any atom is 0.228 e. The van der Waals surface area contributed by atoms with Gasteiger partial charge in [-0.3, -0.25) is 9.59 Å². The van der Waals surface area contributed by atoms with E-state index in [1.54, 1.807) is 16.7 Å². The average molecular weight is 327 g/mol. The van der Waals surface area contributed by atoms with E-state index in [2.05, 4.69) is 4.98 Å². The first kappa shape index (κ1) is 16.2. The Morgan fingerprint density at radius 2 is 1.71 bits per heavy atom. The number of carbonyl (C=O) groups excluding carboxylic acids is 2. The van der Waals surface area contributed by atoms with E-state index in [1.807, 2.05) is 37.3 Å². The summed E-state index contributed by atoms with van der Waals surface area (Å²) in [5.41, 5.74) is 1.57. The lowest BCUT2D eigenvalue weighted by Gasteiger charge is -2.34. The number of aromatic nitrogens is 1. The predicted molar refractivity (Wildman–Crippen MR) is 89.2 cm³/mol. The molecule has 1 saturated heterocycles. The molecule has 0 N–H and O–H groups in total. The highest BCUT2D eigenvalue weighted by Crippen LogP contribution is 2.22. The Balaban J connectivity index is 1.65. The van der Waals surface area contributed by atoms with Crippen molar-refractivity contribution in [2.75, 3.05) is 26.2 Å². The van der Waals surface area contributed by atoms with Crippen LogP contribution in [0.15, 0.2) is 34.7 Å². The summed E-state index contributed by atoms with van der Waals surface area (Å²) in [4.78, 5) is 31.9. The largest absolute Gasteiger partial charge is 0.441 e. The second-order valence-corrected chi connectivity index (χ2v) is 5.95. The van der Waals surface area contributed by atoms with Crippen LogP contribution in [0.1, 0.15) is 18.4 Å². The minimum Gasteiger partial charge on any atom is -0.441 e. The van der Waals surface area contributed by atoms with Gasteiger partial charge < -0.3 is 14.2 Å². The van der Waals surface area contributed by atoms with Crippen LogP contribution in [0, 0.1) is 6.92 Å². The number of nitrogens with zero attached hydrogens (tertiary/aromatic N) is 3. The lowest BCUT2D eigenvalue weighted by molar-refractivity contribution is -0.138. The van der Waals surface area contributed by atoms with Crippen LogP contribution in [-0.2, 0) is 16.0 Å². The molecule has 2 aromatic rings. The molecule has 126 valence electrons. The second-order valence-electron chi connectivity index (χ2n) is 5.95. The monoisotopic (exact) mass is 327 g/mol. The molecule has 0 atom stereocenters. The Labute approximate surface area is 141 Å². The molecule has 0 radical (unpaired) electrons. The topological polar surface area (TPSA) is 66.7 Å². The third-order valence-corrected chi connectivity index (χ3v) is 4.31. The molecule has 2 amide bonds. The Morgan fingerprint density at radius 3 is 2.33 bits per heavy atom. The third-order valence-electron chi connectivity index (χ3n) is 4.31. The summed E-state index contributed by atoms with van der Waals surface area (Å²) in [6.07, 6.45) is 0.224. The minimum absolute atomic E-state index is 0.0224. The summed E-state index contributed by atoms with van der Waals surface area (Å²) in [5, 5.41) is 0. The molecule has 0 spiro atoms. The number of aryl methyl sites for hydroxylation is 1. The van der Waals surface area contributed by atoms with Gasteiger partial charge in [0.05, 0.1) is 12.1 Å². The summed E-state index contributed by atoms with van der Waals surface area (Å²) in [6, 6.07) is 9.64. The number of carbonyl (C=O) groups is 2. The van der Waals surface area contributed by atoms with E-state index in [1.165, 1.54) is 0 Å². The molecule has 24 heavy (non-hydrogen) atoms. The Bertz CT molecular complexity index is 731. The molecule has 0 saturated carbocycles. The number of amides is 2. The fraction of sp³-hybridized carbons (Fsp3) is 0.389. The van der Waals surface area contributed by atoms with Crippen molar-refractivity contribution in [1.29, 1.82) is 0 Å². The average Bonchev–Trinajstić information content (AvgIpc) is 2.96. The minimum atomic E-state index is 0.0224. The van der Waals surface area contributed by atoms with E-state index in [-0.39, 0.29) is 18.2 Å². The molecule has 6 heteroatoms. The SMILES string of the molecule is CC(=O)N1CCN(C(=O)Cc2nc(-c3ccccc3)oc2C)CC1. The van der Waals surface area contributed by atoms with Gasteiger partial charge >= 0.3 is 0 Å². The lowest BCUT2D eigenvalue weighted by Crippen LogP contribution is -2.50. The Kier molecular flexibility index (Phi) is 4.64. The van der Waals surface area contributed by atoms with Crippen LogP contribution in [0.4, 0.5) is 0 Å². The number of hydrogen-bond acceptors (Lipinski definition) is 4. The van der Waals surface area contributed by atoms with Gasteiger partial charge in [-0.25, -0.2) is 4.98 Å². The standard InChI is InChI=1S/C18H21N3O3/c1-13-16(19-18(24-13)15-6-4-3-5-7-15)12-17(23)21-10-8-20(9-11-21)14(2)22/h3-7H,8-12H2,1-2H3. The first-order valence-electron chi connectivity index (χ1n) is 8.09. The first-order valence-corrected chi connectivity index (χ1v) is 8.09. The maximum atomic E-state index is 12.5. The van der Waals surface area contributed by atoms with Gasteiger partial charge in [-0.15, -0.1) is 0 Å². The van der Waals surface area contributed by atoms with Crippen molar-refractivity contribution in [2.45, 2.75) is 20.3 Å². The van der Waals surface area contributed by atoms with Gasteiger partial charge in [0.15, 0.2) is 0 Å². The Hall–Kier alpha value is -2.63. The van der Waals surface area contributed by atoms with Crippen molar-refractivity contribution in [3.05, 3.63) is 41.8 Å². The molecule has 1 fully saturated rings. The first-order chi connectivity index (χ1) is 11.5. The quantitative estimate of drug-likeness (QED) is 0.863. The highest BCUT2D eigenvalue weighted by molar-refractivity contribution is 5.79. The van der Waals surface area contributed by atoms with Crippen LogP contribution >= 0.6 is 0 Å². The molecule has 1 aliphatic rings. The zero-order chi connectivity index (χ0) is 17.1. The Morgan fingerprint density at radius 1 is 1.08 bits per heavy atom. The number of piperazine rings is 1. The molecule has 1 aromatic heterocycles. The van der Waals surface area contributed by atoms with E-state index < -0.39 is 0 Å². The van der Waals surface area contributed by atoms with Gasteiger partial charge in [-0.05, 0) is 19.1 Å². The van der Waals surface area contributed by atoms with Crippen molar-refractivity contribution >= 4 is 11.8 Å². The van der Waals surface area contributed by atoms with Gasteiger partial charge in [0, 0.05) is 38.7 Å². The van der Waals surface area contributed by atoms with Crippen LogP contribution < -0.4 is 0 Å².